The second-order valence-electron chi connectivity index (χ2n) is 6.74. The summed E-state index contributed by atoms with van der Waals surface area (Å²) in [4.78, 5) is 12.2. The van der Waals surface area contributed by atoms with Crippen LogP contribution in [0.2, 0.25) is 0 Å². The number of benzene rings is 3. The molecule has 0 aliphatic heterocycles. The molecule has 4 nitrogen and oxygen atoms in total. The zero-order valence-electron chi connectivity index (χ0n) is 16.7. The molecule has 4 heteroatoms. The van der Waals surface area contributed by atoms with Crippen molar-refractivity contribution in [3.8, 4) is 16.9 Å². The van der Waals surface area contributed by atoms with Gasteiger partial charge in [-0.25, -0.2) is 5.43 Å². The SMILES string of the molecule is CCCCC(=NNC(=O)COc1ccc(-c2ccccc2)cc1)c1ccccc1. The van der Waals surface area contributed by atoms with Gasteiger partial charge in [-0.05, 0) is 41.7 Å². The molecular formula is C25H26N2O2. The molecule has 0 aliphatic carbocycles. The summed E-state index contributed by atoms with van der Waals surface area (Å²) in [6.07, 6.45) is 2.92. The highest BCUT2D eigenvalue weighted by molar-refractivity contribution is 6.01. The summed E-state index contributed by atoms with van der Waals surface area (Å²) in [5, 5.41) is 4.33. The number of rotatable bonds is 9. The Morgan fingerprint density at radius 1 is 0.862 bits per heavy atom. The Morgan fingerprint density at radius 3 is 2.14 bits per heavy atom. The van der Waals surface area contributed by atoms with Crippen LogP contribution in [0.1, 0.15) is 31.7 Å². The van der Waals surface area contributed by atoms with Crippen molar-refractivity contribution in [1.29, 1.82) is 0 Å². The van der Waals surface area contributed by atoms with Gasteiger partial charge in [0.1, 0.15) is 5.75 Å². The van der Waals surface area contributed by atoms with Crippen LogP contribution in [0.4, 0.5) is 0 Å². The average Bonchev–Trinajstić information content (AvgIpc) is 2.79. The second kappa shape index (κ2) is 10.8. The number of hydrogen-bond donors (Lipinski definition) is 1. The maximum absolute atomic E-state index is 12.2. The van der Waals surface area contributed by atoms with E-state index in [1.165, 1.54) is 0 Å². The molecule has 0 aromatic heterocycles. The molecule has 3 aromatic rings. The van der Waals surface area contributed by atoms with Crippen LogP contribution < -0.4 is 10.2 Å². The summed E-state index contributed by atoms with van der Waals surface area (Å²) in [5.41, 5.74) is 6.78. The summed E-state index contributed by atoms with van der Waals surface area (Å²) in [7, 11) is 0. The van der Waals surface area contributed by atoms with Gasteiger partial charge >= 0.3 is 0 Å². The standard InChI is InChI=1S/C25H26N2O2/c1-2-3-14-24(22-12-8-5-9-13-22)26-27-25(28)19-29-23-17-15-21(16-18-23)20-10-6-4-7-11-20/h4-13,15-18H,2-3,14,19H2,1H3,(H,27,28). The maximum Gasteiger partial charge on any atom is 0.277 e. The molecule has 0 spiro atoms. The quantitative estimate of drug-likeness (QED) is 0.393. The molecule has 0 fully saturated rings. The molecular weight excluding hydrogens is 360 g/mol. The van der Waals surface area contributed by atoms with Gasteiger partial charge in [-0.2, -0.15) is 5.10 Å². The van der Waals surface area contributed by atoms with Crippen molar-refractivity contribution in [3.05, 3.63) is 90.5 Å². The van der Waals surface area contributed by atoms with Crippen LogP contribution in [0, 0.1) is 0 Å². The molecule has 29 heavy (non-hydrogen) atoms. The van der Waals surface area contributed by atoms with Crippen LogP contribution in [0.25, 0.3) is 11.1 Å². The van der Waals surface area contributed by atoms with Gasteiger partial charge in [-0.15, -0.1) is 0 Å². The molecule has 0 saturated carbocycles. The average molecular weight is 386 g/mol. The summed E-state index contributed by atoms with van der Waals surface area (Å²) < 4.78 is 5.60. The highest BCUT2D eigenvalue weighted by Crippen LogP contribution is 2.21. The summed E-state index contributed by atoms with van der Waals surface area (Å²) in [6.45, 7) is 2.06. The molecule has 0 radical (unpaired) electrons. The number of carbonyl (C=O) groups is 1. The first-order valence-corrected chi connectivity index (χ1v) is 9.95. The predicted octanol–water partition coefficient (Wildman–Crippen LogP) is 5.44. The first kappa shape index (κ1) is 20.3. The topological polar surface area (TPSA) is 50.7 Å². The van der Waals surface area contributed by atoms with E-state index in [0.29, 0.717) is 5.75 Å². The van der Waals surface area contributed by atoms with Crippen LogP contribution in [0.15, 0.2) is 90.0 Å². The number of nitrogens with one attached hydrogen (secondary N) is 1. The zero-order chi connectivity index (χ0) is 20.3. The second-order valence-corrected chi connectivity index (χ2v) is 6.74. The lowest BCUT2D eigenvalue weighted by molar-refractivity contribution is -0.123. The van der Waals surface area contributed by atoms with Crippen LogP contribution in [-0.2, 0) is 4.79 Å². The van der Waals surface area contributed by atoms with Crippen molar-refractivity contribution >= 4 is 11.6 Å². The van der Waals surface area contributed by atoms with Gasteiger partial charge in [0.2, 0.25) is 0 Å². The van der Waals surface area contributed by atoms with E-state index in [9.17, 15) is 4.79 Å². The monoisotopic (exact) mass is 386 g/mol. The predicted molar refractivity (Wildman–Crippen MR) is 118 cm³/mol. The summed E-state index contributed by atoms with van der Waals surface area (Å²) in [6, 6.07) is 27.8. The van der Waals surface area contributed by atoms with Crippen molar-refractivity contribution < 1.29 is 9.53 Å². The van der Waals surface area contributed by atoms with Gasteiger partial charge in [0.15, 0.2) is 6.61 Å². The van der Waals surface area contributed by atoms with E-state index in [0.717, 1.165) is 41.7 Å². The molecule has 0 unspecified atom stereocenters. The Labute approximate surface area is 172 Å². The lowest BCUT2D eigenvalue weighted by Gasteiger charge is -2.09. The number of nitrogens with zero attached hydrogens (tertiary/aromatic N) is 1. The molecule has 0 saturated heterocycles. The minimum atomic E-state index is -0.276. The van der Waals surface area contributed by atoms with Gasteiger partial charge < -0.3 is 4.74 Å². The summed E-state index contributed by atoms with van der Waals surface area (Å²) >= 11 is 0. The number of amides is 1. The molecule has 148 valence electrons. The Hall–Kier alpha value is -3.40. The lowest BCUT2D eigenvalue weighted by Crippen LogP contribution is -2.26. The largest absolute Gasteiger partial charge is 0.484 e. The van der Waals surface area contributed by atoms with E-state index >= 15 is 0 Å². The van der Waals surface area contributed by atoms with Crippen LogP contribution in [0.5, 0.6) is 5.75 Å². The zero-order valence-corrected chi connectivity index (χ0v) is 16.7. The molecule has 1 amide bonds. The van der Waals surface area contributed by atoms with Gasteiger partial charge in [-0.3, -0.25) is 4.79 Å². The van der Waals surface area contributed by atoms with Crippen LogP contribution in [-0.4, -0.2) is 18.2 Å². The maximum atomic E-state index is 12.2. The minimum Gasteiger partial charge on any atom is -0.484 e. The number of hydrazone groups is 1. The number of ether oxygens (including phenoxy) is 1. The number of unbranched alkanes of at least 4 members (excludes halogenated alkanes) is 1. The Kier molecular flexibility index (Phi) is 7.58. The lowest BCUT2D eigenvalue weighted by atomic mass is 10.1. The van der Waals surface area contributed by atoms with Gasteiger partial charge in [0.25, 0.3) is 5.91 Å². The van der Waals surface area contributed by atoms with Crippen molar-refractivity contribution in [2.45, 2.75) is 26.2 Å². The highest BCUT2D eigenvalue weighted by Gasteiger charge is 2.06. The third-order valence-electron chi connectivity index (χ3n) is 4.52. The van der Waals surface area contributed by atoms with E-state index in [1.54, 1.807) is 0 Å². The molecule has 0 atom stereocenters. The molecule has 0 aliphatic rings. The third-order valence-corrected chi connectivity index (χ3v) is 4.52. The first-order chi connectivity index (χ1) is 14.3. The molecule has 0 bridgehead atoms. The van der Waals surface area contributed by atoms with Crippen molar-refractivity contribution in [2.75, 3.05) is 6.61 Å². The van der Waals surface area contributed by atoms with E-state index in [-0.39, 0.29) is 12.5 Å². The molecule has 0 heterocycles. The number of carbonyl (C=O) groups excluding carboxylic acids is 1. The molecule has 3 rings (SSSR count). The van der Waals surface area contributed by atoms with E-state index in [2.05, 4.69) is 29.6 Å². The van der Waals surface area contributed by atoms with Gasteiger partial charge in [0, 0.05) is 0 Å². The van der Waals surface area contributed by atoms with Crippen LogP contribution in [0.3, 0.4) is 0 Å². The van der Waals surface area contributed by atoms with Crippen LogP contribution >= 0.6 is 0 Å². The Bertz CT molecular complexity index is 920. The fourth-order valence-corrected chi connectivity index (χ4v) is 2.92. The molecule has 1 N–H and O–H groups in total. The number of hydrogen-bond acceptors (Lipinski definition) is 3. The van der Waals surface area contributed by atoms with E-state index < -0.39 is 0 Å². The normalized spacial score (nSPS) is 11.1. The Balaban J connectivity index is 1.55. The fraction of sp³-hybridized carbons (Fsp3) is 0.200. The van der Waals surface area contributed by atoms with E-state index in [4.69, 9.17) is 4.74 Å². The van der Waals surface area contributed by atoms with Crippen molar-refractivity contribution in [2.24, 2.45) is 5.10 Å². The third kappa shape index (κ3) is 6.32. The summed E-state index contributed by atoms with van der Waals surface area (Å²) in [5.74, 6) is 0.375. The first-order valence-electron chi connectivity index (χ1n) is 9.95. The Morgan fingerprint density at radius 2 is 1.48 bits per heavy atom. The van der Waals surface area contributed by atoms with Gasteiger partial charge in [0.05, 0.1) is 5.71 Å². The highest BCUT2D eigenvalue weighted by atomic mass is 16.5. The minimum absolute atomic E-state index is 0.0793. The fourth-order valence-electron chi connectivity index (χ4n) is 2.92. The molecule has 3 aromatic carbocycles. The van der Waals surface area contributed by atoms with Crippen molar-refractivity contribution in [3.63, 3.8) is 0 Å². The van der Waals surface area contributed by atoms with Gasteiger partial charge in [-0.1, -0.05) is 86.1 Å². The van der Waals surface area contributed by atoms with E-state index in [1.807, 2.05) is 72.8 Å². The van der Waals surface area contributed by atoms with Crippen molar-refractivity contribution in [1.82, 2.24) is 5.43 Å². The smallest absolute Gasteiger partial charge is 0.277 e.